The summed E-state index contributed by atoms with van der Waals surface area (Å²) in [6, 6.07) is 6.88. The minimum absolute atomic E-state index is 0.250. The Hall–Kier alpha value is -3.23. The lowest BCUT2D eigenvalue weighted by molar-refractivity contribution is 0.0657. The van der Waals surface area contributed by atoms with E-state index in [1.54, 1.807) is 37.6 Å². The predicted molar refractivity (Wildman–Crippen MR) is 101 cm³/mol. The maximum absolute atomic E-state index is 12.3. The maximum Gasteiger partial charge on any atom is 0.261 e. The average Bonchev–Trinajstić information content (AvgIpc) is 3.25. The van der Waals surface area contributed by atoms with Crippen molar-refractivity contribution in [2.45, 2.75) is 19.9 Å². The minimum atomic E-state index is -0.250. The fraction of sp³-hybridized carbons (Fsp3) is 0.389. The van der Waals surface area contributed by atoms with Crippen molar-refractivity contribution < 1.29 is 9.59 Å². The fourth-order valence-electron chi connectivity index (χ4n) is 2.98. The lowest BCUT2D eigenvalue weighted by Crippen LogP contribution is -2.43. The predicted octanol–water partition coefficient (Wildman–Crippen LogP) is 0.302. The number of guanidine groups is 1. The van der Waals surface area contributed by atoms with Crippen LogP contribution in [0.25, 0.3) is 0 Å². The molecular formula is C18H23N7O2. The summed E-state index contributed by atoms with van der Waals surface area (Å²) in [5, 5.41) is 14.3. The summed E-state index contributed by atoms with van der Waals surface area (Å²) in [5.41, 5.74) is 0.927. The number of hydrogen-bond donors (Lipinski definition) is 2. The summed E-state index contributed by atoms with van der Waals surface area (Å²) in [5.74, 6) is 1.04. The van der Waals surface area contributed by atoms with Gasteiger partial charge in [0.1, 0.15) is 12.2 Å². The summed E-state index contributed by atoms with van der Waals surface area (Å²) < 4.78 is 1.99. The molecule has 27 heavy (non-hydrogen) atoms. The molecule has 0 saturated carbocycles. The summed E-state index contributed by atoms with van der Waals surface area (Å²) in [6.07, 6.45) is 2.53. The lowest BCUT2D eigenvalue weighted by atomic mass is 10.1. The zero-order valence-electron chi connectivity index (χ0n) is 15.5. The third-order valence-corrected chi connectivity index (χ3v) is 4.39. The van der Waals surface area contributed by atoms with Crippen molar-refractivity contribution in [3.05, 3.63) is 47.5 Å². The second-order valence-electron chi connectivity index (χ2n) is 6.03. The molecule has 0 aliphatic carbocycles. The van der Waals surface area contributed by atoms with E-state index in [0.717, 1.165) is 18.8 Å². The SMILES string of the molecule is CCc1nncn1CCNC(=NC)NCCN1C(=O)c2ccccc2C1=O. The Morgan fingerprint density at radius 2 is 1.70 bits per heavy atom. The van der Waals surface area contributed by atoms with Gasteiger partial charge in [-0.2, -0.15) is 0 Å². The van der Waals surface area contributed by atoms with Crippen molar-refractivity contribution >= 4 is 17.8 Å². The molecule has 2 N–H and O–H groups in total. The van der Waals surface area contributed by atoms with Crippen LogP contribution in [0.4, 0.5) is 0 Å². The molecule has 0 bridgehead atoms. The molecule has 0 saturated heterocycles. The molecule has 2 heterocycles. The van der Waals surface area contributed by atoms with Crippen molar-refractivity contribution in [1.29, 1.82) is 0 Å². The van der Waals surface area contributed by atoms with Crippen LogP contribution in [0.15, 0.2) is 35.6 Å². The maximum atomic E-state index is 12.3. The average molecular weight is 369 g/mol. The van der Waals surface area contributed by atoms with E-state index < -0.39 is 0 Å². The first-order valence-corrected chi connectivity index (χ1v) is 8.92. The highest BCUT2D eigenvalue weighted by Crippen LogP contribution is 2.21. The van der Waals surface area contributed by atoms with Gasteiger partial charge < -0.3 is 15.2 Å². The molecule has 1 aromatic heterocycles. The van der Waals surface area contributed by atoms with Crippen molar-refractivity contribution in [3.63, 3.8) is 0 Å². The van der Waals surface area contributed by atoms with Crippen LogP contribution in [-0.4, -0.2) is 64.1 Å². The van der Waals surface area contributed by atoms with Gasteiger partial charge in [-0.3, -0.25) is 19.5 Å². The Kier molecular flexibility index (Phi) is 5.80. The number of fused-ring (bicyclic) bond motifs is 1. The molecule has 0 atom stereocenters. The van der Waals surface area contributed by atoms with Gasteiger partial charge in [0.05, 0.1) is 11.1 Å². The zero-order valence-corrected chi connectivity index (χ0v) is 15.5. The second kappa shape index (κ2) is 8.43. The smallest absolute Gasteiger partial charge is 0.261 e. The van der Waals surface area contributed by atoms with Crippen LogP contribution < -0.4 is 10.6 Å². The highest BCUT2D eigenvalue weighted by Gasteiger charge is 2.34. The molecule has 0 unspecified atom stereocenters. The van der Waals surface area contributed by atoms with Crippen LogP contribution in [0.5, 0.6) is 0 Å². The quantitative estimate of drug-likeness (QED) is 0.413. The van der Waals surface area contributed by atoms with E-state index in [1.807, 2.05) is 11.5 Å². The first-order valence-electron chi connectivity index (χ1n) is 8.92. The third kappa shape index (κ3) is 3.97. The Morgan fingerprint density at radius 1 is 1.07 bits per heavy atom. The number of aryl methyl sites for hydroxylation is 1. The zero-order chi connectivity index (χ0) is 19.2. The number of carbonyl (C=O) groups is 2. The minimum Gasteiger partial charge on any atom is -0.355 e. The van der Waals surface area contributed by atoms with Crippen LogP contribution in [0.3, 0.4) is 0 Å². The fourth-order valence-corrected chi connectivity index (χ4v) is 2.98. The largest absolute Gasteiger partial charge is 0.355 e. The molecule has 2 amide bonds. The topological polar surface area (TPSA) is 105 Å². The van der Waals surface area contributed by atoms with Gasteiger partial charge in [-0.1, -0.05) is 19.1 Å². The molecule has 1 aromatic carbocycles. The van der Waals surface area contributed by atoms with E-state index in [0.29, 0.717) is 30.2 Å². The van der Waals surface area contributed by atoms with Crippen LogP contribution in [-0.2, 0) is 13.0 Å². The number of nitrogens with zero attached hydrogens (tertiary/aromatic N) is 5. The molecule has 9 heteroatoms. The van der Waals surface area contributed by atoms with E-state index in [1.165, 1.54) is 4.90 Å². The molecule has 3 rings (SSSR count). The standard InChI is InChI=1S/C18H23N7O2/c1-3-15-23-22-12-24(15)10-8-20-18(19-2)21-9-11-25-16(26)13-6-4-5-7-14(13)17(25)27/h4-7,12H,3,8-11H2,1-2H3,(H2,19,20,21). The van der Waals surface area contributed by atoms with Crippen LogP contribution in [0.1, 0.15) is 33.5 Å². The normalized spacial score (nSPS) is 13.9. The summed E-state index contributed by atoms with van der Waals surface area (Å²) >= 11 is 0. The van der Waals surface area contributed by atoms with E-state index in [-0.39, 0.29) is 18.4 Å². The third-order valence-electron chi connectivity index (χ3n) is 4.39. The molecule has 0 spiro atoms. The molecular weight excluding hydrogens is 346 g/mol. The van der Waals surface area contributed by atoms with Crippen molar-refractivity contribution in [2.75, 3.05) is 26.7 Å². The number of nitrogens with one attached hydrogen (secondary N) is 2. The highest BCUT2D eigenvalue weighted by molar-refractivity contribution is 6.21. The number of rotatable bonds is 7. The Labute approximate surface area is 157 Å². The van der Waals surface area contributed by atoms with Gasteiger partial charge in [-0.05, 0) is 12.1 Å². The molecule has 1 aliphatic heterocycles. The van der Waals surface area contributed by atoms with Gasteiger partial charge in [-0.15, -0.1) is 10.2 Å². The second-order valence-corrected chi connectivity index (χ2v) is 6.03. The first kappa shape index (κ1) is 18.6. The van der Waals surface area contributed by atoms with Gasteiger partial charge in [0, 0.05) is 39.6 Å². The molecule has 142 valence electrons. The van der Waals surface area contributed by atoms with E-state index in [4.69, 9.17) is 0 Å². The molecule has 0 radical (unpaired) electrons. The summed E-state index contributed by atoms with van der Waals surface area (Å²) in [7, 11) is 1.67. The van der Waals surface area contributed by atoms with E-state index >= 15 is 0 Å². The highest BCUT2D eigenvalue weighted by atomic mass is 16.2. The lowest BCUT2D eigenvalue weighted by Gasteiger charge is -2.16. The summed E-state index contributed by atoms with van der Waals surface area (Å²) in [6.45, 7) is 4.09. The summed E-state index contributed by atoms with van der Waals surface area (Å²) in [4.78, 5) is 30.1. The van der Waals surface area contributed by atoms with Crippen molar-refractivity contribution in [3.8, 4) is 0 Å². The van der Waals surface area contributed by atoms with E-state index in [2.05, 4.69) is 25.8 Å². The Bertz CT molecular complexity index is 824. The van der Waals surface area contributed by atoms with Gasteiger partial charge in [-0.25, -0.2) is 0 Å². The number of imide groups is 1. The number of aliphatic imine (C=N–C) groups is 1. The van der Waals surface area contributed by atoms with E-state index in [9.17, 15) is 9.59 Å². The van der Waals surface area contributed by atoms with Crippen molar-refractivity contribution in [2.24, 2.45) is 4.99 Å². The van der Waals surface area contributed by atoms with Crippen LogP contribution in [0, 0.1) is 0 Å². The first-order chi connectivity index (χ1) is 13.2. The Morgan fingerprint density at radius 3 is 2.30 bits per heavy atom. The van der Waals surface area contributed by atoms with Crippen LogP contribution in [0.2, 0.25) is 0 Å². The number of carbonyl (C=O) groups excluding carboxylic acids is 2. The number of hydrogen-bond acceptors (Lipinski definition) is 5. The van der Waals surface area contributed by atoms with Gasteiger partial charge in [0.25, 0.3) is 11.8 Å². The van der Waals surface area contributed by atoms with Gasteiger partial charge in [0.15, 0.2) is 5.96 Å². The number of aromatic nitrogens is 3. The molecule has 0 fully saturated rings. The number of amides is 2. The molecule has 9 nitrogen and oxygen atoms in total. The van der Waals surface area contributed by atoms with Crippen molar-refractivity contribution in [1.82, 2.24) is 30.3 Å². The Balaban J connectivity index is 1.45. The number of benzene rings is 1. The van der Waals surface area contributed by atoms with Gasteiger partial charge in [0.2, 0.25) is 0 Å². The molecule has 2 aromatic rings. The van der Waals surface area contributed by atoms with Crippen LogP contribution >= 0.6 is 0 Å². The van der Waals surface area contributed by atoms with Gasteiger partial charge >= 0.3 is 0 Å². The molecule has 1 aliphatic rings. The monoisotopic (exact) mass is 369 g/mol.